The first kappa shape index (κ1) is 19.0. The summed E-state index contributed by atoms with van der Waals surface area (Å²) in [7, 11) is 0. The molecule has 3 N–H and O–H groups in total. The van der Waals surface area contributed by atoms with Crippen LogP contribution in [-0.2, 0) is 17.6 Å². The van der Waals surface area contributed by atoms with Gasteiger partial charge in [0.1, 0.15) is 6.04 Å². The van der Waals surface area contributed by atoms with Crippen molar-refractivity contribution in [3.8, 4) is 0 Å². The van der Waals surface area contributed by atoms with E-state index in [0.717, 1.165) is 11.1 Å². The maximum Gasteiger partial charge on any atom is 0.326 e. The van der Waals surface area contributed by atoms with Gasteiger partial charge in [0.2, 0.25) is 0 Å². The Kier molecular flexibility index (Phi) is 5.84. The maximum absolute atomic E-state index is 12.6. The standard InChI is InChI=1S/C19H16IN3O4/c20-19(27)22-13-6-4-11(5-7-13)10-15(18(25)26)23-17(24)14-3-1-2-12-8-9-21-16(12)14/h1-7,9,15H,8,10H2,(H,22,27)(H,23,24)(H,25,26). The third kappa shape index (κ3) is 4.70. The van der Waals surface area contributed by atoms with Crippen molar-refractivity contribution in [1.82, 2.24) is 5.32 Å². The van der Waals surface area contributed by atoms with E-state index in [1.807, 2.05) is 6.07 Å². The van der Waals surface area contributed by atoms with Gasteiger partial charge in [0, 0.05) is 47.3 Å². The van der Waals surface area contributed by atoms with E-state index in [1.54, 1.807) is 65.2 Å². The largest absolute Gasteiger partial charge is 0.480 e. The second-order valence-corrected chi connectivity index (χ2v) is 6.97. The van der Waals surface area contributed by atoms with Crippen LogP contribution in [0.25, 0.3) is 0 Å². The van der Waals surface area contributed by atoms with Crippen LogP contribution >= 0.6 is 22.6 Å². The second-order valence-electron chi connectivity index (χ2n) is 5.99. The summed E-state index contributed by atoms with van der Waals surface area (Å²) in [5, 5.41) is 14.7. The van der Waals surface area contributed by atoms with Crippen LogP contribution in [0.3, 0.4) is 0 Å². The van der Waals surface area contributed by atoms with E-state index in [9.17, 15) is 19.5 Å². The van der Waals surface area contributed by atoms with Crippen molar-refractivity contribution in [2.45, 2.75) is 18.9 Å². The monoisotopic (exact) mass is 477 g/mol. The summed E-state index contributed by atoms with van der Waals surface area (Å²) < 4.78 is -0.214. The number of aliphatic carboxylic acids is 1. The molecule has 0 saturated heterocycles. The van der Waals surface area contributed by atoms with Crippen molar-refractivity contribution >= 4 is 56.0 Å². The van der Waals surface area contributed by atoms with Gasteiger partial charge in [-0.05, 0) is 29.3 Å². The highest BCUT2D eigenvalue weighted by Crippen LogP contribution is 2.28. The number of carbonyl (C=O) groups excluding carboxylic acids is 2. The number of amides is 2. The number of carboxylic acid groups (broad SMARTS) is 1. The summed E-state index contributed by atoms with van der Waals surface area (Å²) in [5.41, 5.74) is 3.25. The van der Waals surface area contributed by atoms with Gasteiger partial charge in [0.05, 0.1) is 11.3 Å². The zero-order chi connectivity index (χ0) is 19.4. The Balaban J connectivity index is 1.72. The Morgan fingerprint density at radius 3 is 2.56 bits per heavy atom. The average molecular weight is 477 g/mol. The third-order valence-electron chi connectivity index (χ3n) is 4.14. The lowest BCUT2D eigenvalue weighted by molar-refractivity contribution is -0.139. The highest BCUT2D eigenvalue weighted by Gasteiger charge is 2.24. The van der Waals surface area contributed by atoms with Crippen LogP contribution in [0.15, 0.2) is 47.5 Å². The molecule has 0 aromatic heterocycles. The first-order valence-electron chi connectivity index (χ1n) is 8.17. The molecule has 1 unspecified atom stereocenters. The van der Waals surface area contributed by atoms with E-state index in [0.29, 0.717) is 23.4 Å². The number of carboxylic acids is 1. The van der Waals surface area contributed by atoms with Gasteiger partial charge >= 0.3 is 5.97 Å². The smallest absolute Gasteiger partial charge is 0.326 e. The molecule has 0 bridgehead atoms. The van der Waals surface area contributed by atoms with E-state index >= 15 is 0 Å². The second kappa shape index (κ2) is 8.30. The number of hydrogen-bond donors (Lipinski definition) is 3. The predicted octanol–water partition coefficient (Wildman–Crippen LogP) is 3.34. The van der Waals surface area contributed by atoms with Gasteiger partial charge in [-0.25, -0.2) is 4.79 Å². The molecule has 1 atom stereocenters. The molecular weight excluding hydrogens is 461 g/mol. The SMILES string of the molecule is O=C(I)Nc1ccc(CC(NC(=O)c2cccc3c2N=CC3)C(=O)O)cc1. The number of aliphatic imine (C=N–C) groups is 1. The number of nitrogens with one attached hydrogen (secondary N) is 2. The summed E-state index contributed by atoms with van der Waals surface area (Å²) in [5.74, 6) is -1.59. The lowest BCUT2D eigenvalue weighted by atomic mass is 10.0. The van der Waals surface area contributed by atoms with E-state index in [-0.39, 0.29) is 10.3 Å². The molecule has 8 heteroatoms. The average Bonchev–Trinajstić information content (AvgIpc) is 3.10. The molecule has 2 aromatic rings. The normalized spacial score (nSPS) is 12.9. The van der Waals surface area contributed by atoms with Crippen molar-refractivity contribution in [3.05, 3.63) is 59.2 Å². The number of rotatable bonds is 6. The number of benzene rings is 2. The molecular formula is C19H16IN3O4. The van der Waals surface area contributed by atoms with Crippen LogP contribution in [0.2, 0.25) is 0 Å². The Morgan fingerprint density at radius 1 is 1.15 bits per heavy atom. The summed E-state index contributed by atoms with van der Waals surface area (Å²) >= 11 is 1.63. The quantitative estimate of drug-likeness (QED) is 0.337. The van der Waals surface area contributed by atoms with Crippen LogP contribution in [0, 0.1) is 0 Å². The molecule has 1 heterocycles. The molecule has 0 fully saturated rings. The van der Waals surface area contributed by atoms with Crippen molar-refractivity contribution in [3.63, 3.8) is 0 Å². The van der Waals surface area contributed by atoms with Crippen molar-refractivity contribution in [2.24, 2.45) is 4.99 Å². The summed E-state index contributed by atoms with van der Waals surface area (Å²) in [6.07, 6.45) is 2.52. The number of carbonyl (C=O) groups is 3. The highest BCUT2D eigenvalue weighted by atomic mass is 127. The van der Waals surface area contributed by atoms with Crippen LogP contribution in [-0.4, -0.2) is 33.2 Å². The van der Waals surface area contributed by atoms with Gasteiger partial charge < -0.3 is 15.7 Å². The van der Waals surface area contributed by atoms with Crippen molar-refractivity contribution < 1.29 is 19.5 Å². The van der Waals surface area contributed by atoms with Crippen LogP contribution < -0.4 is 10.6 Å². The topological polar surface area (TPSA) is 108 Å². The van der Waals surface area contributed by atoms with Gasteiger partial charge in [-0.15, -0.1) is 0 Å². The zero-order valence-electron chi connectivity index (χ0n) is 14.1. The first-order valence-corrected chi connectivity index (χ1v) is 9.25. The fourth-order valence-corrected chi connectivity index (χ4v) is 3.15. The number of halogens is 1. The number of anilines is 1. The lowest BCUT2D eigenvalue weighted by Gasteiger charge is -2.16. The zero-order valence-corrected chi connectivity index (χ0v) is 16.3. The summed E-state index contributed by atoms with van der Waals surface area (Å²) in [6, 6.07) is 11.0. The minimum Gasteiger partial charge on any atom is -0.480 e. The Bertz CT molecular complexity index is 925. The predicted molar refractivity (Wildman–Crippen MR) is 110 cm³/mol. The number of hydrogen-bond acceptors (Lipinski definition) is 4. The van der Waals surface area contributed by atoms with E-state index in [1.165, 1.54) is 0 Å². The lowest BCUT2D eigenvalue weighted by Crippen LogP contribution is -2.42. The van der Waals surface area contributed by atoms with Gasteiger partial charge in [-0.3, -0.25) is 14.6 Å². The number of para-hydroxylation sites is 1. The van der Waals surface area contributed by atoms with Crippen molar-refractivity contribution in [2.75, 3.05) is 5.32 Å². The minimum absolute atomic E-state index is 0.123. The molecule has 138 valence electrons. The molecule has 27 heavy (non-hydrogen) atoms. The highest BCUT2D eigenvalue weighted by molar-refractivity contribution is 14.1. The van der Waals surface area contributed by atoms with Gasteiger partial charge in [0.15, 0.2) is 0 Å². The fourth-order valence-electron chi connectivity index (χ4n) is 2.84. The molecule has 0 aliphatic carbocycles. The van der Waals surface area contributed by atoms with Crippen LogP contribution in [0.5, 0.6) is 0 Å². The Labute approximate surface area is 169 Å². The molecule has 2 aromatic carbocycles. The Hall–Kier alpha value is -2.75. The van der Waals surface area contributed by atoms with Gasteiger partial charge in [0.25, 0.3) is 9.82 Å². The fraction of sp³-hybridized carbons (Fsp3) is 0.158. The van der Waals surface area contributed by atoms with E-state index in [2.05, 4.69) is 15.6 Å². The molecule has 7 nitrogen and oxygen atoms in total. The van der Waals surface area contributed by atoms with E-state index < -0.39 is 17.9 Å². The summed E-state index contributed by atoms with van der Waals surface area (Å²) in [6.45, 7) is 0. The Morgan fingerprint density at radius 2 is 1.89 bits per heavy atom. The third-order valence-corrected chi connectivity index (χ3v) is 4.41. The summed E-state index contributed by atoms with van der Waals surface area (Å²) in [4.78, 5) is 39.5. The maximum atomic E-state index is 12.6. The first-order chi connectivity index (χ1) is 12.9. The van der Waals surface area contributed by atoms with Gasteiger partial charge in [-0.2, -0.15) is 0 Å². The van der Waals surface area contributed by atoms with E-state index in [4.69, 9.17) is 0 Å². The molecule has 3 rings (SSSR count). The number of fused-ring (bicyclic) bond motifs is 1. The molecule has 1 aliphatic rings. The molecule has 0 saturated carbocycles. The molecule has 0 spiro atoms. The minimum atomic E-state index is -1.12. The molecule has 2 amide bonds. The van der Waals surface area contributed by atoms with Crippen LogP contribution in [0.1, 0.15) is 21.5 Å². The van der Waals surface area contributed by atoms with Gasteiger partial charge in [-0.1, -0.05) is 24.3 Å². The van der Waals surface area contributed by atoms with Crippen molar-refractivity contribution in [1.29, 1.82) is 0 Å². The van der Waals surface area contributed by atoms with Crippen LogP contribution in [0.4, 0.5) is 16.2 Å². The number of nitrogens with zero attached hydrogens (tertiary/aromatic N) is 1. The molecule has 1 aliphatic heterocycles. The molecule has 0 radical (unpaired) electrons.